The normalized spacial score (nSPS) is 10.5. The van der Waals surface area contributed by atoms with Gasteiger partial charge in [-0.3, -0.25) is 10.1 Å². The van der Waals surface area contributed by atoms with E-state index in [9.17, 15) is 14.9 Å². The quantitative estimate of drug-likeness (QED) is 0.501. The van der Waals surface area contributed by atoms with Crippen LogP contribution in [0, 0.1) is 10.1 Å². The fourth-order valence-corrected chi connectivity index (χ4v) is 1.98. The molecule has 0 amide bonds. The van der Waals surface area contributed by atoms with Gasteiger partial charge in [0.25, 0.3) is 5.69 Å². The molecule has 0 radical (unpaired) electrons. The molecule has 0 atom stereocenters. The Morgan fingerprint density at radius 2 is 2.00 bits per heavy atom. The first kappa shape index (κ1) is 16.2. The Balaban J connectivity index is 1.99. The number of rotatable bonds is 6. The minimum atomic E-state index is -0.603. The van der Waals surface area contributed by atoms with Crippen LogP contribution in [0.3, 0.4) is 0 Å². The number of anilines is 1. The number of esters is 1. The Hall–Kier alpha value is -3.15. The number of carbonyl (C=O) groups excluding carboxylic acids is 1. The third-order valence-electron chi connectivity index (χ3n) is 3.12. The minimum Gasteiger partial charge on any atom is -0.458 e. The third-order valence-corrected chi connectivity index (χ3v) is 3.12. The first-order chi connectivity index (χ1) is 11.1. The molecule has 0 aliphatic heterocycles. The molecule has 0 aromatic heterocycles. The number of ether oxygens (including phenoxy) is 1. The van der Waals surface area contributed by atoms with Crippen molar-refractivity contribution < 1.29 is 14.5 Å². The van der Waals surface area contributed by atoms with Gasteiger partial charge in [0.05, 0.1) is 10.5 Å². The topological polar surface area (TPSA) is 81.5 Å². The van der Waals surface area contributed by atoms with E-state index in [1.165, 1.54) is 18.2 Å². The fraction of sp³-hybridized carbons (Fsp3) is 0.118. The number of nitro groups is 1. The second kappa shape index (κ2) is 7.74. The van der Waals surface area contributed by atoms with E-state index in [0.29, 0.717) is 5.69 Å². The van der Waals surface area contributed by atoms with E-state index in [1.54, 1.807) is 13.1 Å². The van der Waals surface area contributed by atoms with Crippen molar-refractivity contribution in [3.63, 3.8) is 0 Å². The van der Waals surface area contributed by atoms with Crippen molar-refractivity contribution in [1.82, 2.24) is 0 Å². The zero-order chi connectivity index (χ0) is 16.7. The van der Waals surface area contributed by atoms with E-state index in [0.717, 1.165) is 5.56 Å². The maximum Gasteiger partial charge on any atom is 0.338 e. The number of carbonyl (C=O) groups is 1. The fourth-order valence-electron chi connectivity index (χ4n) is 1.98. The van der Waals surface area contributed by atoms with E-state index in [4.69, 9.17) is 4.74 Å². The highest BCUT2D eigenvalue weighted by molar-refractivity contribution is 5.91. The van der Waals surface area contributed by atoms with E-state index < -0.39 is 10.9 Å². The van der Waals surface area contributed by atoms with Gasteiger partial charge in [0.1, 0.15) is 12.3 Å². The highest BCUT2D eigenvalue weighted by Gasteiger charge is 2.17. The highest BCUT2D eigenvalue weighted by atomic mass is 16.6. The van der Waals surface area contributed by atoms with Gasteiger partial charge in [-0.15, -0.1) is 0 Å². The van der Waals surface area contributed by atoms with Gasteiger partial charge in [0.2, 0.25) is 0 Å². The summed E-state index contributed by atoms with van der Waals surface area (Å²) in [5, 5.41) is 13.7. The van der Waals surface area contributed by atoms with Crippen LogP contribution in [0.15, 0.2) is 54.6 Å². The molecule has 0 bridgehead atoms. The largest absolute Gasteiger partial charge is 0.458 e. The molecule has 0 spiro atoms. The van der Waals surface area contributed by atoms with Gasteiger partial charge in [-0.05, 0) is 23.8 Å². The van der Waals surface area contributed by atoms with Crippen molar-refractivity contribution >= 4 is 23.4 Å². The number of nitrogens with zero attached hydrogens (tertiary/aromatic N) is 1. The standard InChI is InChI=1S/C17H16N2O4/c1-18-15-10-9-14(12-16(15)19(21)22)17(20)23-11-5-8-13-6-3-2-4-7-13/h2-10,12,18H,11H2,1H3/b8-5+. The molecule has 1 N–H and O–H groups in total. The first-order valence-corrected chi connectivity index (χ1v) is 6.96. The van der Waals surface area contributed by atoms with Gasteiger partial charge < -0.3 is 10.1 Å². The summed E-state index contributed by atoms with van der Waals surface area (Å²) < 4.78 is 5.09. The minimum absolute atomic E-state index is 0.0926. The maximum atomic E-state index is 11.9. The van der Waals surface area contributed by atoms with Gasteiger partial charge >= 0.3 is 5.97 Å². The predicted octanol–water partition coefficient (Wildman–Crippen LogP) is 3.51. The Morgan fingerprint density at radius 3 is 2.65 bits per heavy atom. The molecule has 0 unspecified atom stereocenters. The molecule has 0 saturated carbocycles. The molecule has 0 aliphatic carbocycles. The summed E-state index contributed by atoms with van der Waals surface area (Å²) in [4.78, 5) is 22.4. The molecule has 2 aromatic rings. The zero-order valence-corrected chi connectivity index (χ0v) is 12.6. The van der Waals surface area contributed by atoms with E-state index in [2.05, 4.69) is 5.32 Å². The van der Waals surface area contributed by atoms with Gasteiger partial charge in [0, 0.05) is 13.1 Å². The van der Waals surface area contributed by atoms with Crippen LogP contribution in [0.4, 0.5) is 11.4 Å². The molecule has 0 fully saturated rings. The SMILES string of the molecule is CNc1ccc(C(=O)OC/C=C/c2ccccc2)cc1[N+](=O)[O-]. The molecule has 0 saturated heterocycles. The summed E-state index contributed by atoms with van der Waals surface area (Å²) in [6.07, 6.45) is 3.55. The lowest BCUT2D eigenvalue weighted by atomic mass is 10.1. The molecule has 0 aliphatic rings. The summed E-state index contributed by atoms with van der Waals surface area (Å²) in [6, 6.07) is 13.8. The van der Waals surface area contributed by atoms with Crippen LogP contribution < -0.4 is 5.32 Å². The van der Waals surface area contributed by atoms with Crippen LogP contribution in [0.1, 0.15) is 15.9 Å². The molecule has 2 aromatic carbocycles. The molecule has 118 valence electrons. The summed E-state index contributed by atoms with van der Waals surface area (Å²) >= 11 is 0. The Bertz CT molecular complexity index is 727. The molecule has 6 nitrogen and oxygen atoms in total. The monoisotopic (exact) mass is 312 g/mol. The van der Waals surface area contributed by atoms with Crippen LogP contribution in [-0.2, 0) is 4.74 Å². The zero-order valence-electron chi connectivity index (χ0n) is 12.6. The lowest BCUT2D eigenvalue weighted by molar-refractivity contribution is -0.384. The number of hydrogen-bond acceptors (Lipinski definition) is 5. The summed E-state index contributed by atoms with van der Waals surface area (Å²) in [5.74, 6) is -0.603. The van der Waals surface area contributed by atoms with Crippen molar-refractivity contribution in [2.75, 3.05) is 19.0 Å². The van der Waals surface area contributed by atoms with E-state index in [-0.39, 0.29) is 17.9 Å². The van der Waals surface area contributed by atoms with E-state index >= 15 is 0 Å². The number of benzene rings is 2. The maximum absolute atomic E-state index is 11.9. The van der Waals surface area contributed by atoms with Crippen LogP contribution in [-0.4, -0.2) is 24.5 Å². The Morgan fingerprint density at radius 1 is 1.26 bits per heavy atom. The van der Waals surface area contributed by atoms with Gasteiger partial charge in [-0.2, -0.15) is 0 Å². The van der Waals surface area contributed by atoms with Crippen molar-refractivity contribution in [1.29, 1.82) is 0 Å². The molecule has 23 heavy (non-hydrogen) atoms. The second-order valence-electron chi connectivity index (χ2n) is 4.65. The summed E-state index contributed by atoms with van der Waals surface area (Å²) in [5.41, 5.74) is 1.32. The predicted molar refractivity (Wildman–Crippen MR) is 88.4 cm³/mol. The van der Waals surface area contributed by atoms with Crippen LogP contribution >= 0.6 is 0 Å². The van der Waals surface area contributed by atoms with E-state index in [1.807, 2.05) is 36.4 Å². The number of hydrogen-bond donors (Lipinski definition) is 1. The number of nitro benzene ring substituents is 1. The highest BCUT2D eigenvalue weighted by Crippen LogP contribution is 2.25. The average molecular weight is 312 g/mol. The number of nitrogens with one attached hydrogen (secondary N) is 1. The lowest BCUT2D eigenvalue weighted by Gasteiger charge is -2.05. The van der Waals surface area contributed by atoms with Crippen molar-refractivity contribution in [2.45, 2.75) is 0 Å². The summed E-state index contributed by atoms with van der Waals surface area (Å²) in [6.45, 7) is 0.0926. The smallest absolute Gasteiger partial charge is 0.338 e. The van der Waals surface area contributed by atoms with Crippen molar-refractivity contribution in [3.8, 4) is 0 Å². The molecule has 6 heteroatoms. The molecular formula is C17H16N2O4. The third kappa shape index (κ3) is 4.41. The molecular weight excluding hydrogens is 296 g/mol. The first-order valence-electron chi connectivity index (χ1n) is 6.96. The lowest BCUT2D eigenvalue weighted by Crippen LogP contribution is -2.06. The van der Waals surface area contributed by atoms with Gasteiger partial charge in [-0.25, -0.2) is 4.79 Å². The Labute approximate surface area is 133 Å². The molecule has 0 heterocycles. The van der Waals surface area contributed by atoms with Gasteiger partial charge in [0.15, 0.2) is 0 Å². The van der Waals surface area contributed by atoms with Crippen molar-refractivity contribution in [3.05, 3.63) is 75.8 Å². The summed E-state index contributed by atoms with van der Waals surface area (Å²) in [7, 11) is 1.58. The second-order valence-corrected chi connectivity index (χ2v) is 4.65. The van der Waals surface area contributed by atoms with Crippen LogP contribution in [0.5, 0.6) is 0 Å². The van der Waals surface area contributed by atoms with Crippen LogP contribution in [0.25, 0.3) is 6.08 Å². The van der Waals surface area contributed by atoms with Gasteiger partial charge in [-0.1, -0.05) is 36.4 Å². The molecule has 2 rings (SSSR count). The Kier molecular flexibility index (Phi) is 5.46. The van der Waals surface area contributed by atoms with Crippen molar-refractivity contribution in [2.24, 2.45) is 0 Å². The average Bonchev–Trinajstić information content (AvgIpc) is 2.58. The van der Waals surface area contributed by atoms with Crippen LogP contribution in [0.2, 0.25) is 0 Å².